The number of aliphatic carboxylic acids is 1. The summed E-state index contributed by atoms with van der Waals surface area (Å²) in [5.74, 6) is 0.524. The van der Waals surface area contributed by atoms with Crippen molar-refractivity contribution < 1.29 is 24.3 Å². The molecule has 0 aliphatic heterocycles. The summed E-state index contributed by atoms with van der Waals surface area (Å²) in [6.07, 6.45) is 5.33. The highest BCUT2D eigenvalue weighted by molar-refractivity contribution is 5.93. The smallest absolute Gasteiger partial charge is 0.303 e. The minimum Gasteiger partial charge on any atom is -0.481 e. The van der Waals surface area contributed by atoms with Gasteiger partial charge in [0.15, 0.2) is 0 Å². The molecule has 0 aromatic carbocycles. The average Bonchev–Trinajstić information content (AvgIpc) is 3.01. The molecule has 3 unspecified atom stereocenters. The largest absolute Gasteiger partial charge is 0.481 e. The van der Waals surface area contributed by atoms with E-state index in [-0.39, 0.29) is 64.7 Å². The van der Waals surface area contributed by atoms with Crippen molar-refractivity contribution in [2.45, 2.75) is 78.6 Å². The summed E-state index contributed by atoms with van der Waals surface area (Å²) >= 11 is 0. The van der Waals surface area contributed by atoms with Crippen LogP contribution in [0.3, 0.4) is 0 Å². The van der Waals surface area contributed by atoms with E-state index in [1.807, 2.05) is 0 Å². The number of hydrogen-bond donors (Lipinski definition) is 1. The maximum absolute atomic E-state index is 13.6. The number of carbonyl (C=O) groups is 4. The highest BCUT2D eigenvalue weighted by Crippen LogP contribution is 2.66. The Morgan fingerprint density at radius 2 is 1.83 bits per heavy atom. The number of Topliss-reactive ketones (excluding diaryl/α,β-unsaturated/α-hetero) is 3. The fourth-order valence-corrected chi connectivity index (χ4v) is 7.94. The van der Waals surface area contributed by atoms with Crippen molar-refractivity contribution >= 4 is 23.3 Å². The van der Waals surface area contributed by atoms with Crippen LogP contribution >= 0.6 is 0 Å². The normalized spacial score (nSPS) is 45.3. The molecule has 0 aromatic rings. The van der Waals surface area contributed by atoms with Crippen LogP contribution in [0.5, 0.6) is 0 Å². The zero-order valence-electron chi connectivity index (χ0n) is 17.9. The average molecular weight is 403 g/mol. The molecule has 0 radical (unpaired) electrons. The Bertz CT molecular complexity index is 756. The fourth-order valence-electron chi connectivity index (χ4n) is 7.94. The summed E-state index contributed by atoms with van der Waals surface area (Å²) in [5, 5.41) is 9.06. The van der Waals surface area contributed by atoms with Crippen molar-refractivity contribution in [1.82, 2.24) is 0 Å². The van der Waals surface area contributed by atoms with Gasteiger partial charge in [-0.3, -0.25) is 19.2 Å². The minimum absolute atomic E-state index is 0.0659. The van der Waals surface area contributed by atoms with Gasteiger partial charge in [-0.05, 0) is 60.7 Å². The first-order valence-corrected chi connectivity index (χ1v) is 11.4. The van der Waals surface area contributed by atoms with Crippen LogP contribution in [-0.4, -0.2) is 28.4 Å². The maximum Gasteiger partial charge on any atom is 0.303 e. The first-order chi connectivity index (χ1) is 13.6. The lowest BCUT2D eigenvalue weighted by Crippen LogP contribution is -2.60. The molecule has 1 N–H and O–H groups in total. The number of hydrogen-bond acceptors (Lipinski definition) is 4. The summed E-state index contributed by atoms with van der Waals surface area (Å²) in [6, 6.07) is 0. The summed E-state index contributed by atoms with van der Waals surface area (Å²) in [5.41, 5.74) is -0.598. The van der Waals surface area contributed by atoms with E-state index in [0.717, 1.165) is 19.3 Å². The van der Waals surface area contributed by atoms with E-state index in [9.17, 15) is 19.2 Å². The van der Waals surface area contributed by atoms with Crippen LogP contribution in [-0.2, 0) is 19.2 Å². The van der Waals surface area contributed by atoms with E-state index in [0.29, 0.717) is 32.1 Å². The number of carboxylic acids is 1. The third-order valence-corrected chi connectivity index (χ3v) is 9.72. The molecule has 4 rings (SSSR count). The zero-order chi connectivity index (χ0) is 21.1. The van der Waals surface area contributed by atoms with Gasteiger partial charge in [0, 0.05) is 43.4 Å². The minimum atomic E-state index is -0.792. The Hall–Kier alpha value is -1.52. The first kappa shape index (κ1) is 20.7. The van der Waals surface area contributed by atoms with Crippen LogP contribution in [0.4, 0.5) is 0 Å². The van der Waals surface area contributed by atoms with E-state index < -0.39 is 11.4 Å². The highest BCUT2D eigenvalue weighted by Gasteiger charge is 2.66. The van der Waals surface area contributed by atoms with Gasteiger partial charge in [-0.15, -0.1) is 0 Å². The van der Waals surface area contributed by atoms with Crippen molar-refractivity contribution in [3.8, 4) is 0 Å². The molecule has 0 saturated heterocycles. The first-order valence-electron chi connectivity index (χ1n) is 11.4. The van der Waals surface area contributed by atoms with Gasteiger partial charge in [-0.2, -0.15) is 0 Å². The van der Waals surface area contributed by atoms with Gasteiger partial charge in [-0.1, -0.05) is 20.8 Å². The van der Waals surface area contributed by atoms with Crippen LogP contribution in [0, 0.1) is 46.3 Å². The van der Waals surface area contributed by atoms with E-state index in [1.165, 1.54) is 0 Å². The third-order valence-electron chi connectivity index (χ3n) is 9.72. The topological polar surface area (TPSA) is 88.5 Å². The molecule has 4 saturated carbocycles. The number of carboxylic acid groups (broad SMARTS) is 1. The van der Waals surface area contributed by atoms with Crippen molar-refractivity contribution in [3.05, 3.63) is 0 Å². The van der Waals surface area contributed by atoms with Gasteiger partial charge in [-0.25, -0.2) is 0 Å². The van der Waals surface area contributed by atoms with Crippen molar-refractivity contribution in [2.24, 2.45) is 46.3 Å². The van der Waals surface area contributed by atoms with Gasteiger partial charge < -0.3 is 5.11 Å². The lowest BCUT2D eigenvalue weighted by Gasteiger charge is -2.58. The maximum atomic E-state index is 13.6. The molecule has 5 heteroatoms. The number of fused-ring (bicyclic) bond motifs is 5. The quantitative estimate of drug-likeness (QED) is 0.766. The van der Waals surface area contributed by atoms with Crippen molar-refractivity contribution in [2.75, 3.05) is 0 Å². The molecule has 0 amide bonds. The number of rotatable bonds is 4. The summed E-state index contributed by atoms with van der Waals surface area (Å²) < 4.78 is 0. The Kier molecular flexibility index (Phi) is 5.02. The predicted molar refractivity (Wildman–Crippen MR) is 107 cm³/mol. The van der Waals surface area contributed by atoms with Crippen LogP contribution in [0.1, 0.15) is 78.6 Å². The monoisotopic (exact) mass is 402 g/mol. The molecule has 4 aliphatic rings. The van der Waals surface area contributed by atoms with E-state index in [1.54, 1.807) is 0 Å². The van der Waals surface area contributed by atoms with Gasteiger partial charge in [0.2, 0.25) is 0 Å². The molecule has 5 nitrogen and oxygen atoms in total. The Morgan fingerprint density at radius 1 is 1.10 bits per heavy atom. The van der Waals surface area contributed by atoms with Crippen LogP contribution in [0.25, 0.3) is 0 Å². The Labute approximate surface area is 173 Å². The summed E-state index contributed by atoms with van der Waals surface area (Å²) in [7, 11) is 0. The second-order valence-corrected chi connectivity index (χ2v) is 10.9. The number of ketones is 3. The highest BCUT2D eigenvalue weighted by atomic mass is 16.4. The lowest BCUT2D eigenvalue weighted by molar-refractivity contribution is -0.166. The standard InChI is InChI=1S/C24H34O5/c1-13(4-7-21(28)29)16-5-6-17-22-18(12-20(27)24(16,17)3)23(2)9-8-15(25)10-14(23)11-19(22)26/h13-14,16-18,22H,4-12H2,1-3H3,(H,28,29)/t13-,14?,16?,17+,18+,22?,23+,24-/m1/s1. The number of carbonyl (C=O) groups excluding carboxylic acids is 3. The predicted octanol–water partition coefficient (Wildman–Crippen LogP) is 4.07. The SMILES string of the molecule is C[C@H](CCC(=O)O)C1CC[C@H]2C3C(=O)CC4CC(=O)CC[C@]4(C)[C@H]3CC(=O)[C@]12C. The van der Waals surface area contributed by atoms with Gasteiger partial charge >= 0.3 is 5.97 Å². The fraction of sp³-hybridized carbons (Fsp3) is 0.833. The van der Waals surface area contributed by atoms with Crippen LogP contribution < -0.4 is 0 Å². The third kappa shape index (κ3) is 3.02. The van der Waals surface area contributed by atoms with Crippen molar-refractivity contribution in [1.29, 1.82) is 0 Å². The molecule has 4 aliphatic carbocycles. The lowest BCUT2D eigenvalue weighted by atomic mass is 9.44. The Morgan fingerprint density at radius 3 is 2.52 bits per heavy atom. The molecule has 160 valence electrons. The van der Waals surface area contributed by atoms with Crippen LogP contribution in [0.2, 0.25) is 0 Å². The van der Waals surface area contributed by atoms with Gasteiger partial charge in [0.25, 0.3) is 0 Å². The molecular formula is C24H34O5. The second-order valence-electron chi connectivity index (χ2n) is 10.9. The van der Waals surface area contributed by atoms with Gasteiger partial charge in [0.1, 0.15) is 17.3 Å². The van der Waals surface area contributed by atoms with E-state index >= 15 is 0 Å². The molecular weight excluding hydrogens is 368 g/mol. The second kappa shape index (κ2) is 7.02. The summed E-state index contributed by atoms with van der Waals surface area (Å²) in [4.78, 5) is 50.0. The zero-order valence-corrected chi connectivity index (χ0v) is 17.9. The molecule has 29 heavy (non-hydrogen) atoms. The van der Waals surface area contributed by atoms with Crippen LogP contribution in [0.15, 0.2) is 0 Å². The molecule has 0 aromatic heterocycles. The Balaban J connectivity index is 1.63. The summed E-state index contributed by atoms with van der Waals surface area (Å²) in [6.45, 7) is 6.37. The van der Waals surface area contributed by atoms with E-state index in [4.69, 9.17) is 5.11 Å². The molecule has 0 bridgehead atoms. The molecule has 0 spiro atoms. The molecule has 0 heterocycles. The molecule has 4 fully saturated rings. The molecule has 8 atom stereocenters. The van der Waals surface area contributed by atoms with Gasteiger partial charge in [0.05, 0.1) is 0 Å². The van der Waals surface area contributed by atoms with E-state index in [2.05, 4.69) is 20.8 Å². The van der Waals surface area contributed by atoms with Crippen molar-refractivity contribution in [3.63, 3.8) is 0 Å².